The highest BCUT2D eigenvalue weighted by atomic mass is 35.5. The third-order valence-electron chi connectivity index (χ3n) is 4.46. The molecule has 0 atom stereocenters. The van der Waals surface area contributed by atoms with Gasteiger partial charge < -0.3 is 13.9 Å². The molecule has 0 aliphatic rings. The Labute approximate surface area is 163 Å². The number of aromatic nitrogens is 4. The van der Waals surface area contributed by atoms with Crippen LogP contribution in [0.25, 0.3) is 39.7 Å². The van der Waals surface area contributed by atoms with E-state index in [0.29, 0.717) is 33.4 Å². The lowest BCUT2D eigenvalue weighted by atomic mass is 10.2. The molecule has 8 heteroatoms. The summed E-state index contributed by atoms with van der Waals surface area (Å²) >= 11 is 6.16. The van der Waals surface area contributed by atoms with Gasteiger partial charge in [-0.2, -0.15) is 4.98 Å². The fourth-order valence-corrected chi connectivity index (χ4v) is 3.35. The Hall–Kier alpha value is -3.58. The number of fused-ring (bicyclic) bond motifs is 1. The maximum absolute atomic E-state index is 12.0. The smallest absolute Gasteiger partial charge is 0.330 e. The monoisotopic (exact) mass is 392 g/mol. The van der Waals surface area contributed by atoms with E-state index in [0.717, 1.165) is 11.1 Å². The van der Waals surface area contributed by atoms with Crippen molar-refractivity contribution in [1.82, 2.24) is 19.7 Å². The number of hydrogen-bond acceptors (Lipinski definition) is 5. The summed E-state index contributed by atoms with van der Waals surface area (Å²) in [6.45, 7) is 1.85. The van der Waals surface area contributed by atoms with Crippen LogP contribution in [-0.4, -0.2) is 19.7 Å². The van der Waals surface area contributed by atoms with Gasteiger partial charge in [-0.1, -0.05) is 41.0 Å². The van der Waals surface area contributed by atoms with Gasteiger partial charge in [-0.15, -0.1) is 0 Å². The molecule has 0 aliphatic heterocycles. The molecule has 3 heterocycles. The van der Waals surface area contributed by atoms with E-state index in [1.807, 2.05) is 43.3 Å². The van der Waals surface area contributed by atoms with Gasteiger partial charge in [-0.3, -0.25) is 4.57 Å². The summed E-state index contributed by atoms with van der Waals surface area (Å²) in [6.07, 6.45) is 1.66. The standard InChI is InChI=1S/C20H13ClN4O3/c1-11-10-22-20(26)25(11)14-6-2-5-13(8-14)18-23-19(28-24-18)16-9-12-4-3-7-15(21)17(12)27-16/h2-10H,1H3,(H,22,26). The van der Waals surface area contributed by atoms with Crippen LogP contribution in [-0.2, 0) is 0 Å². The van der Waals surface area contributed by atoms with Gasteiger partial charge in [0.25, 0.3) is 5.89 Å². The van der Waals surface area contributed by atoms with Crippen LogP contribution >= 0.6 is 11.6 Å². The summed E-state index contributed by atoms with van der Waals surface area (Å²) in [5, 5.41) is 5.42. The van der Waals surface area contributed by atoms with E-state index in [4.69, 9.17) is 20.5 Å². The second-order valence-corrected chi connectivity index (χ2v) is 6.72. The minimum absolute atomic E-state index is 0.206. The first-order valence-corrected chi connectivity index (χ1v) is 8.88. The molecule has 0 unspecified atom stereocenters. The lowest BCUT2D eigenvalue weighted by Crippen LogP contribution is -2.15. The molecule has 3 aromatic heterocycles. The van der Waals surface area contributed by atoms with Crippen molar-refractivity contribution in [1.29, 1.82) is 0 Å². The number of H-pyrrole nitrogens is 1. The Morgan fingerprint density at radius 3 is 2.79 bits per heavy atom. The molecule has 2 aromatic carbocycles. The normalized spacial score (nSPS) is 11.4. The largest absolute Gasteiger partial charge is 0.449 e. The van der Waals surface area contributed by atoms with Crippen LogP contribution in [0.3, 0.4) is 0 Å². The van der Waals surface area contributed by atoms with Gasteiger partial charge in [0.05, 0.1) is 10.7 Å². The SMILES string of the molecule is Cc1c[nH]c(=O)n1-c1cccc(-c2noc(-c3cc4cccc(Cl)c4o3)n2)c1. The molecule has 0 saturated heterocycles. The van der Waals surface area contributed by atoms with Crippen LogP contribution in [0.4, 0.5) is 0 Å². The number of hydrogen-bond donors (Lipinski definition) is 1. The van der Waals surface area contributed by atoms with E-state index in [1.165, 1.54) is 0 Å². The van der Waals surface area contributed by atoms with Gasteiger partial charge in [-0.05, 0) is 31.2 Å². The maximum Gasteiger partial charge on any atom is 0.330 e. The highest BCUT2D eigenvalue weighted by Crippen LogP contribution is 2.32. The molecule has 0 radical (unpaired) electrons. The molecule has 7 nitrogen and oxygen atoms in total. The molecule has 5 aromatic rings. The highest BCUT2D eigenvalue weighted by molar-refractivity contribution is 6.34. The number of furan rings is 1. The summed E-state index contributed by atoms with van der Waals surface area (Å²) < 4.78 is 12.7. The Bertz CT molecular complexity index is 1380. The van der Waals surface area contributed by atoms with Crippen molar-refractivity contribution in [2.75, 3.05) is 0 Å². The quantitative estimate of drug-likeness (QED) is 0.485. The molecule has 5 rings (SSSR count). The molecule has 1 N–H and O–H groups in total. The molecule has 28 heavy (non-hydrogen) atoms. The molecule has 0 saturated carbocycles. The highest BCUT2D eigenvalue weighted by Gasteiger charge is 2.17. The summed E-state index contributed by atoms with van der Waals surface area (Å²) in [7, 11) is 0. The minimum Gasteiger partial charge on any atom is -0.449 e. The van der Waals surface area contributed by atoms with Crippen LogP contribution < -0.4 is 5.69 Å². The molecule has 138 valence electrons. The number of para-hydroxylation sites is 1. The van der Waals surface area contributed by atoms with E-state index in [9.17, 15) is 4.79 Å². The fraction of sp³-hybridized carbons (Fsp3) is 0.0500. The number of nitrogens with one attached hydrogen (secondary N) is 1. The molecule has 0 amide bonds. The number of aromatic amines is 1. The van der Waals surface area contributed by atoms with Crippen molar-refractivity contribution < 1.29 is 8.94 Å². The van der Waals surface area contributed by atoms with Crippen LogP contribution in [0.15, 0.2) is 68.5 Å². The van der Waals surface area contributed by atoms with Crippen molar-refractivity contribution in [2.24, 2.45) is 0 Å². The van der Waals surface area contributed by atoms with E-state index in [-0.39, 0.29) is 11.6 Å². The molecular weight excluding hydrogens is 380 g/mol. The van der Waals surface area contributed by atoms with Crippen molar-refractivity contribution in [3.8, 4) is 28.7 Å². The second-order valence-electron chi connectivity index (χ2n) is 6.31. The van der Waals surface area contributed by atoms with E-state index in [1.54, 1.807) is 22.9 Å². The Morgan fingerprint density at radius 2 is 2.00 bits per heavy atom. The predicted molar refractivity (Wildman–Crippen MR) is 105 cm³/mol. The van der Waals surface area contributed by atoms with Crippen LogP contribution in [0.2, 0.25) is 5.02 Å². The Balaban J connectivity index is 1.55. The van der Waals surface area contributed by atoms with Crippen molar-refractivity contribution in [3.63, 3.8) is 0 Å². The van der Waals surface area contributed by atoms with Crippen LogP contribution in [0, 0.1) is 6.92 Å². The zero-order valence-electron chi connectivity index (χ0n) is 14.6. The first kappa shape index (κ1) is 16.6. The summed E-state index contributed by atoms with van der Waals surface area (Å²) in [5.41, 5.74) is 2.60. The van der Waals surface area contributed by atoms with E-state index in [2.05, 4.69) is 15.1 Å². The van der Waals surface area contributed by atoms with Gasteiger partial charge in [-0.25, -0.2) is 4.79 Å². The number of halogens is 1. The minimum atomic E-state index is -0.206. The lowest BCUT2D eigenvalue weighted by Gasteiger charge is -2.04. The Morgan fingerprint density at radius 1 is 1.14 bits per heavy atom. The molecule has 0 fully saturated rings. The Kier molecular flexibility index (Phi) is 3.70. The third kappa shape index (κ3) is 2.64. The number of rotatable bonds is 3. The average Bonchev–Trinajstić information content (AvgIpc) is 3.41. The van der Waals surface area contributed by atoms with E-state index < -0.39 is 0 Å². The van der Waals surface area contributed by atoms with Gasteiger partial charge >= 0.3 is 5.69 Å². The summed E-state index contributed by atoms with van der Waals surface area (Å²) in [4.78, 5) is 19.1. The average molecular weight is 393 g/mol. The molecule has 0 spiro atoms. The molecular formula is C20H13ClN4O3. The predicted octanol–water partition coefficient (Wildman–Crippen LogP) is 4.59. The second kappa shape index (κ2) is 6.24. The number of nitrogens with zero attached hydrogens (tertiary/aromatic N) is 3. The number of aryl methyl sites for hydroxylation is 1. The third-order valence-corrected chi connectivity index (χ3v) is 4.75. The fourth-order valence-electron chi connectivity index (χ4n) is 3.13. The topological polar surface area (TPSA) is 89.9 Å². The number of benzene rings is 2. The van der Waals surface area contributed by atoms with Gasteiger partial charge in [0.1, 0.15) is 0 Å². The van der Waals surface area contributed by atoms with E-state index >= 15 is 0 Å². The van der Waals surface area contributed by atoms with Crippen LogP contribution in [0.1, 0.15) is 5.69 Å². The van der Waals surface area contributed by atoms with Crippen molar-refractivity contribution in [2.45, 2.75) is 6.92 Å². The summed E-state index contributed by atoms with van der Waals surface area (Å²) in [6, 6.07) is 14.7. The van der Waals surface area contributed by atoms with Crippen LogP contribution in [0.5, 0.6) is 0 Å². The van der Waals surface area contributed by atoms with Gasteiger partial charge in [0, 0.05) is 22.8 Å². The van der Waals surface area contributed by atoms with Crippen molar-refractivity contribution >= 4 is 22.6 Å². The molecule has 0 aliphatic carbocycles. The first-order chi connectivity index (χ1) is 13.6. The van der Waals surface area contributed by atoms with Gasteiger partial charge in [0.2, 0.25) is 5.82 Å². The first-order valence-electron chi connectivity index (χ1n) is 8.50. The van der Waals surface area contributed by atoms with Crippen molar-refractivity contribution in [3.05, 3.63) is 75.9 Å². The zero-order valence-corrected chi connectivity index (χ0v) is 15.4. The maximum atomic E-state index is 12.0. The number of imidazole rings is 1. The summed E-state index contributed by atoms with van der Waals surface area (Å²) in [5.74, 6) is 1.09. The lowest BCUT2D eigenvalue weighted by molar-refractivity contribution is 0.420. The van der Waals surface area contributed by atoms with Gasteiger partial charge in [0.15, 0.2) is 11.3 Å². The molecule has 0 bridgehead atoms. The zero-order chi connectivity index (χ0) is 19.3.